The summed E-state index contributed by atoms with van der Waals surface area (Å²) in [7, 11) is 0. The second kappa shape index (κ2) is 11.7. The van der Waals surface area contributed by atoms with Crippen LogP contribution in [0.5, 0.6) is 0 Å². The Kier molecular flexibility index (Phi) is 7.12. The second-order valence-corrected chi connectivity index (χ2v) is 12.1. The lowest BCUT2D eigenvalue weighted by atomic mass is 9.92. The average molecular weight is 603 g/mol. The van der Waals surface area contributed by atoms with Crippen molar-refractivity contribution in [3.8, 4) is 33.4 Å². The van der Waals surface area contributed by atoms with E-state index in [1.807, 2.05) is 12.3 Å². The average Bonchev–Trinajstić information content (AvgIpc) is 3.46. The maximum Gasteiger partial charge on any atom is 0.0723 e. The normalized spacial score (nSPS) is 12.2. The largest absolute Gasteiger partial charge is 0.313 e. The minimum absolute atomic E-state index is 0.943. The maximum atomic E-state index is 4.84. The number of rotatable bonds is 7. The van der Waals surface area contributed by atoms with Gasteiger partial charge in [0.1, 0.15) is 0 Å². The zero-order chi connectivity index (χ0) is 31.9. The molecule has 1 aliphatic carbocycles. The molecule has 0 saturated carbocycles. The summed E-state index contributed by atoms with van der Waals surface area (Å²) in [4.78, 5) is 7.16. The van der Waals surface area contributed by atoms with Crippen molar-refractivity contribution >= 4 is 44.7 Å². The highest BCUT2D eigenvalue weighted by Gasteiger charge is 2.22. The lowest BCUT2D eigenvalue weighted by Crippen LogP contribution is -2.16. The molecule has 224 valence electrons. The van der Waals surface area contributed by atoms with Crippen LogP contribution in [0, 0.1) is 0 Å². The molecule has 0 saturated heterocycles. The second-order valence-electron chi connectivity index (χ2n) is 12.1. The summed E-state index contributed by atoms with van der Waals surface area (Å²) in [6, 6.07) is 47.6. The smallest absolute Gasteiger partial charge is 0.0723 e. The van der Waals surface area contributed by atoms with Crippen LogP contribution in [0.15, 0.2) is 164 Å². The SMILES string of the molecule is C=C(/C=C/c1cnc2ccccc2c1N(/C(C)=C/C)c1ccccc1)c1cccc(-c2ccc3c4c(cccc24)-c2ccccc2-3)c1. The van der Waals surface area contributed by atoms with Gasteiger partial charge in [0.05, 0.1) is 11.2 Å². The van der Waals surface area contributed by atoms with Gasteiger partial charge in [0, 0.05) is 28.5 Å². The number of hydrogen-bond acceptors (Lipinski definition) is 2. The van der Waals surface area contributed by atoms with Gasteiger partial charge in [-0.05, 0) is 93.4 Å². The molecule has 0 fully saturated rings. The molecule has 0 radical (unpaired) electrons. The van der Waals surface area contributed by atoms with Gasteiger partial charge < -0.3 is 4.90 Å². The Hall–Kier alpha value is -5.99. The first-order chi connectivity index (χ1) is 23.1. The van der Waals surface area contributed by atoms with E-state index >= 15 is 0 Å². The molecule has 2 heteroatoms. The summed E-state index contributed by atoms with van der Waals surface area (Å²) in [6.45, 7) is 8.75. The first-order valence-electron chi connectivity index (χ1n) is 16.1. The van der Waals surface area contributed by atoms with Gasteiger partial charge in [-0.3, -0.25) is 4.98 Å². The Balaban J connectivity index is 1.19. The van der Waals surface area contributed by atoms with Gasteiger partial charge in [-0.2, -0.15) is 0 Å². The van der Waals surface area contributed by atoms with Crippen molar-refractivity contribution in [2.24, 2.45) is 0 Å². The minimum atomic E-state index is 0.943. The van der Waals surface area contributed by atoms with Crippen LogP contribution >= 0.6 is 0 Å². The van der Waals surface area contributed by atoms with Crippen molar-refractivity contribution in [1.82, 2.24) is 4.98 Å². The third kappa shape index (κ3) is 4.86. The molecule has 0 unspecified atom stereocenters. The molecule has 2 nitrogen and oxygen atoms in total. The van der Waals surface area contributed by atoms with E-state index in [9.17, 15) is 0 Å². The number of fused-ring (bicyclic) bond motifs is 4. The van der Waals surface area contributed by atoms with E-state index in [2.05, 4.69) is 171 Å². The van der Waals surface area contributed by atoms with E-state index in [1.54, 1.807) is 0 Å². The summed E-state index contributed by atoms with van der Waals surface area (Å²) < 4.78 is 0. The van der Waals surface area contributed by atoms with E-state index in [1.165, 1.54) is 44.2 Å². The van der Waals surface area contributed by atoms with Crippen molar-refractivity contribution < 1.29 is 0 Å². The van der Waals surface area contributed by atoms with Gasteiger partial charge in [-0.25, -0.2) is 0 Å². The Labute approximate surface area is 276 Å². The summed E-state index contributed by atoms with van der Waals surface area (Å²) >= 11 is 0. The lowest BCUT2D eigenvalue weighted by molar-refractivity contribution is 1.15. The van der Waals surface area contributed by atoms with E-state index < -0.39 is 0 Å². The molecular formula is C45H34N2. The van der Waals surface area contributed by atoms with Gasteiger partial charge >= 0.3 is 0 Å². The van der Waals surface area contributed by atoms with Crippen molar-refractivity contribution in [2.45, 2.75) is 13.8 Å². The van der Waals surface area contributed by atoms with Crippen LogP contribution in [0.4, 0.5) is 11.4 Å². The molecule has 1 aliphatic rings. The van der Waals surface area contributed by atoms with E-state index in [0.29, 0.717) is 0 Å². The van der Waals surface area contributed by atoms with Crippen LogP contribution in [-0.4, -0.2) is 4.98 Å². The quantitative estimate of drug-likeness (QED) is 0.169. The van der Waals surface area contributed by atoms with Gasteiger partial charge in [0.25, 0.3) is 0 Å². The first-order valence-corrected chi connectivity index (χ1v) is 16.1. The summed E-state index contributed by atoms with van der Waals surface area (Å²) in [6.07, 6.45) is 8.39. The fraction of sp³-hybridized carbons (Fsp3) is 0.0444. The number of anilines is 2. The van der Waals surface area contributed by atoms with Crippen LogP contribution in [0.2, 0.25) is 0 Å². The number of nitrogens with zero attached hydrogens (tertiary/aromatic N) is 2. The highest BCUT2D eigenvalue weighted by Crippen LogP contribution is 2.49. The maximum absolute atomic E-state index is 4.84. The molecule has 1 heterocycles. The number of pyridine rings is 1. The van der Waals surface area contributed by atoms with Crippen molar-refractivity contribution in [3.63, 3.8) is 0 Å². The first kappa shape index (κ1) is 28.5. The van der Waals surface area contributed by atoms with Crippen molar-refractivity contribution in [1.29, 1.82) is 0 Å². The highest BCUT2D eigenvalue weighted by molar-refractivity contribution is 6.18. The Bertz CT molecular complexity index is 2370. The van der Waals surface area contributed by atoms with Crippen LogP contribution in [0.1, 0.15) is 25.0 Å². The van der Waals surface area contributed by atoms with Crippen LogP contribution in [0.25, 0.3) is 66.7 Å². The van der Waals surface area contributed by atoms with E-state index in [4.69, 9.17) is 4.98 Å². The fourth-order valence-electron chi connectivity index (χ4n) is 6.96. The van der Waals surface area contributed by atoms with Crippen molar-refractivity contribution in [3.05, 3.63) is 175 Å². The van der Waals surface area contributed by atoms with E-state index in [0.717, 1.165) is 44.7 Å². The highest BCUT2D eigenvalue weighted by atomic mass is 15.1. The minimum Gasteiger partial charge on any atom is -0.313 e. The third-order valence-electron chi connectivity index (χ3n) is 9.34. The summed E-state index contributed by atoms with van der Waals surface area (Å²) in [5.74, 6) is 0. The van der Waals surface area contributed by atoms with Gasteiger partial charge in [0.2, 0.25) is 0 Å². The van der Waals surface area contributed by atoms with E-state index in [-0.39, 0.29) is 0 Å². The standard InChI is InChI=1S/C45H34N2/c1-4-31(3)47(35-16-6-5-7-17-35)45-34(29-46-43-23-11-10-20-42(43)45)25-24-30(2)32-14-12-15-33(28-32)36-26-27-41-38-19-9-8-18-37(38)40-22-13-21-39(36)44(40)41/h4-29H,2H2,1,3H3/b25-24+,31-4+. The zero-order valence-electron chi connectivity index (χ0n) is 26.6. The van der Waals surface area contributed by atoms with Gasteiger partial charge in [-0.1, -0.05) is 134 Å². The topological polar surface area (TPSA) is 16.1 Å². The summed E-state index contributed by atoms with van der Waals surface area (Å²) in [5, 5.41) is 3.72. The Morgan fingerprint density at radius 2 is 1.32 bits per heavy atom. The Morgan fingerprint density at radius 1 is 0.660 bits per heavy atom. The fourth-order valence-corrected chi connectivity index (χ4v) is 6.96. The molecule has 0 aliphatic heterocycles. The summed E-state index contributed by atoms with van der Waals surface area (Å²) in [5.41, 5.74) is 15.0. The van der Waals surface area contributed by atoms with Crippen molar-refractivity contribution in [2.75, 3.05) is 4.90 Å². The number of aromatic nitrogens is 1. The molecule has 0 spiro atoms. The van der Waals surface area contributed by atoms with Crippen LogP contribution in [-0.2, 0) is 0 Å². The van der Waals surface area contributed by atoms with Gasteiger partial charge in [-0.15, -0.1) is 0 Å². The molecule has 0 atom stereocenters. The lowest BCUT2D eigenvalue weighted by Gasteiger charge is -2.28. The number of benzene rings is 6. The van der Waals surface area contributed by atoms with Gasteiger partial charge in [0.15, 0.2) is 0 Å². The number of para-hydroxylation sites is 2. The molecule has 1 aromatic heterocycles. The molecule has 47 heavy (non-hydrogen) atoms. The predicted octanol–water partition coefficient (Wildman–Crippen LogP) is 12.5. The number of hydrogen-bond donors (Lipinski definition) is 0. The zero-order valence-corrected chi connectivity index (χ0v) is 26.6. The molecule has 0 amide bonds. The monoisotopic (exact) mass is 602 g/mol. The Morgan fingerprint density at radius 3 is 2.13 bits per heavy atom. The predicted molar refractivity (Wildman–Crippen MR) is 202 cm³/mol. The molecular weight excluding hydrogens is 569 g/mol. The molecule has 7 aromatic rings. The van der Waals surface area contributed by atoms with Crippen LogP contribution in [0.3, 0.4) is 0 Å². The number of allylic oxidation sites excluding steroid dienone is 4. The molecule has 6 aromatic carbocycles. The molecule has 0 N–H and O–H groups in total. The van der Waals surface area contributed by atoms with Crippen LogP contribution < -0.4 is 4.90 Å². The molecule has 8 rings (SSSR count). The third-order valence-corrected chi connectivity index (χ3v) is 9.34. The molecule has 0 bridgehead atoms.